The Morgan fingerprint density at radius 2 is 2.50 bits per heavy atom. The van der Waals surface area contributed by atoms with Crippen molar-refractivity contribution in [1.29, 1.82) is 0 Å². The fourth-order valence-electron chi connectivity index (χ4n) is 1.41. The number of halogens is 1. The van der Waals surface area contributed by atoms with Gasteiger partial charge in [0, 0.05) is 23.9 Å². The number of amides is 1. The van der Waals surface area contributed by atoms with Gasteiger partial charge in [-0.25, -0.2) is 0 Å². The van der Waals surface area contributed by atoms with E-state index < -0.39 is 0 Å². The Hall–Kier alpha value is 0.200. The first-order valence-corrected chi connectivity index (χ1v) is 5.11. The average Bonchev–Trinajstić information content (AvgIpc) is 2.33. The number of hydrogen-bond donors (Lipinski definition) is 0. The smallest absolute Gasteiger partial charge is 0.219 e. The topological polar surface area (TPSA) is 20.3 Å². The van der Waals surface area contributed by atoms with Crippen LogP contribution in [0.15, 0.2) is 0 Å². The highest BCUT2D eigenvalue weighted by molar-refractivity contribution is 14.1. The first-order valence-electron chi connectivity index (χ1n) is 3.59. The van der Waals surface area contributed by atoms with E-state index in [2.05, 4.69) is 22.6 Å². The van der Waals surface area contributed by atoms with Crippen molar-refractivity contribution in [3.8, 4) is 0 Å². The van der Waals surface area contributed by atoms with Gasteiger partial charge in [-0.1, -0.05) is 22.6 Å². The number of rotatable bonds is 1. The quantitative estimate of drug-likeness (QED) is 0.511. The van der Waals surface area contributed by atoms with Gasteiger partial charge in [0.25, 0.3) is 0 Å². The summed E-state index contributed by atoms with van der Waals surface area (Å²) in [5.74, 6) is 0.235. The Labute approximate surface area is 75.1 Å². The Balaban J connectivity index is 2.50. The van der Waals surface area contributed by atoms with E-state index in [-0.39, 0.29) is 5.91 Å². The maximum Gasteiger partial charge on any atom is 0.219 e. The van der Waals surface area contributed by atoms with Crippen molar-refractivity contribution in [2.75, 3.05) is 11.0 Å². The lowest BCUT2D eigenvalue weighted by atomic mass is 10.2. The molecule has 1 aliphatic heterocycles. The van der Waals surface area contributed by atoms with E-state index in [1.54, 1.807) is 6.92 Å². The molecule has 58 valence electrons. The van der Waals surface area contributed by atoms with Gasteiger partial charge in [0.05, 0.1) is 0 Å². The van der Waals surface area contributed by atoms with Crippen LogP contribution >= 0.6 is 22.6 Å². The minimum Gasteiger partial charge on any atom is -0.339 e. The van der Waals surface area contributed by atoms with Crippen LogP contribution in [0.4, 0.5) is 0 Å². The third kappa shape index (κ3) is 1.62. The molecule has 1 saturated heterocycles. The van der Waals surface area contributed by atoms with Crippen molar-refractivity contribution in [2.24, 2.45) is 0 Å². The maximum atomic E-state index is 10.9. The number of nitrogens with zero attached hydrogens (tertiary/aromatic N) is 1. The van der Waals surface area contributed by atoms with E-state index in [0.29, 0.717) is 6.04 Å². The molecule has 0 aromatic rings. The highest BCUT2D eigenvalue weighted by Gasteiger charge is 2.24. The summed E-state index contributed by atoms with van der Waals surface area (Å²) in [6.45, 7) is 2.63. The fourth-order valence-corrected chi connectivity index (χ4v) is 2.33. The zero-order valence-electron chi connectivity index (χ0n) is 6.14. The largest absolute Gasteiger partial charge is 0.339 e. The molecule has 0 spiro atoms. The van der Waals surface area contributed by atoms with Crippen LogP contribution in [0.2, 0.25) is 0 Å². The summed E-state index contributed by atoms with van der Waals surface area (Å²) in [7, 11) is 0. The molecule has 1 aliphatic rings. The van der Waals surface area contributed by atoms with Crippen LogP contribution in [-0.4, -0.2) is 27.8 Å². The van der Waals surface area contributed by atoms with Gasteiger partial charge in [-0.2, -0.15) is 0 Å². The van der Waals surface area contributed by atoms with Crippen molar-refractivity contribution in [1.82, 2.24) is 4.90 Å². The maximum absolute atomic E-state index is 10.9. The summed E-state index contributed by atoms with van der Waals surface area (Å²) < 4.78 is 1.08. The molecule has 1 heterocycles. The summed E-state index contributed by atoms with van der Waals surface area (Å²) in [5, 5.41) is 0. The van der Waals surface area contributed by atoms with Gasteiger partial charge in [-0.15, -0.1) is 0 Å². The molecule has 2 nitrogen and oxygen atoms in total. The molecule has 3 heteroatoms. The van der Waals surface area contributed by atoms with E-state index >= 15 is 0 Å². The lowest BCUT2D eigenvalue weighted by Crippen LogP contribution is -2.34. The highest BCUT2D eigenvalue weighted by atomic mass is 127. The van der Waals surface area contributed by atoms with Gasteiger partial charge in [0.1, 0.15) is 0 Å². The lowest BCUT2D eigenvalue weighted by Gasteiger charge is -2.20. The Morgan fingerprint density at radius 1 is 1.80 bits per heavy atom. The zero-order valence-corrected chi connectivity index (χ0v) is 8.30. The van der Waals surface area contributed by atoms with Gasteiger partial charge in [0.2, 0.25) is 5.91 Å². The number of likely N-dealkylation sites (tertiary alicyclic amines) is 1. The van der Waals surface area contributed by atoms with Crippen molar-refractivity contribution in [2.45, 2.75) is 25.8 Å². The molecule has 0 bridgehead atoms. The molecule has 0 saturated carbocycles. The van der Waals surface area contributed by atoms with E-state index in [1.165, 1.54) is 12.8 Å². The second-order valence-electron chi connectivity index (χ2n) is 2.66. The van der Waals surface area contributed by atoms with Gasteiger partial charge in [-0.05, 0) is 12.8 Å². The molecule has 1 atom stereocenters. The second-order valence-corrected chi connectivity index (χ2v) is 3.54. The van der Waals surface area contributed by atoms with E-state index in [9.17, 15) is 4.79 Å². The molecule has 0 unspecified atom stereocenters. The molecule has 0 N–H and O–H groups in total. The predicted octanol–water partition coefficient (Wildman–Crippen LogP) is 1.43. The van der Waals surface area contributed by atoms with Crippen LogP contribution in [0, 0.1) is 0 Å². The Morgan fingerprint density at radius 3 is 2.90 bits per heavy atom. The van der Waals surface area contributed by atoms with Crippen molar-refractivity contribution in [3.63, 3.8) is 0 Å². The molecular formula is C7H12INO. The summed E-state index contributed by atoms with van der Waals surface area (Å²) >= 11 is 2.34. The van der Waals surface area contributed by atoms with Crippen LogP contribution < -0.4 is 0 Å². The number of alkyl halides is 1. The zero-order chi connectivity index (χ0) is 7.56. The Kier molecular flexibility index (Phi) is 2.95. The SMILES string of the molecule is CC(=O)N1CCC[C@H]1CI. The van der Waals surface area contributed by atoms with Crippen LogP contribution in [0.5, 0.6) is 0 Å². The number of carbonyl (C=O) groups is 1. The molecule has 1 rings (SSSR count). The summed E-state index contributed by atoms with van der Waals surface area (Å²) in [5.41, 5.74) is 0. The summed E-state index contributed by atoms with van der Waals surface area (Å²) in [6, 6.07) is 0.526. The van der Waals surface area contributed by atoms with Crippen LogP contribution in [0.3, 0.4) is 0 Å². The molecule has 1 fully saturated rings. The van der Waals surface area contributed by atoms with Crippen molar-refractivity contribution >= 4 is 28.5 Å². The van der Waals surface area contributed by atoms with Gasteiger partial charge in [0.15, 0.2) is 0 Å². The minimum atomic E-state index is 0.235. The van der Waals surface area contributed by atoms with E-state index in [1.807, 2.05) is 4.90 Å². The number of carbonyl (C=O) groups excluding carboxylic acids is 1. The second kappa shape index (κ2) is 3.55. The highest BCUT2D eigenvalue weighted by Crippen LogP contribution is 2.18. The summed E-state index contributed by atoms with van der Waals surface area (Å²) in [6.07, 6.45) is 2.38. The molecule has 0 aromatic carbocycles. The fraction of sp³-hybridized carbons (Fsp3) is 0.857. The van der Waals surface area contributed by atoms with Gasteiger partial charge in [-0.3, -0.25) is 4.79 Å². The lowest BCUT2D eigenvalue weighted by molar-refractivity contribution is -0.129. The third-order valence-electron chi connectivity index (χ3n) is 1.96. The standard InChI is InChI=1S/C7H12INO/c1-6(10)9-4-2-3-7(9)5-8/h7H,2-5H2,1H3/t7-/m0/s1. The van der Waals surface area contributed by atoms with Crippen LogP contribution in [0.1, 0.15) is 19.8 Å². The minimum absolute atomic E-state index is 0.235. The summed E-state index contributed by atoms with van der Waals surface area (Å²) in [4.78, 5) is 12.9. The Bertz CT molecular complexity index is 138. The van der Waals surface area contributed by atoms with E-state index in [4.69, 9.17) is 0 Å². The van der Waals surface area contributed by atoms with Crippen molar-refractivity contribution in [3.05, 3.63) is 0 Å². The molecule has 0 radical (unpaired) electrons. The van der Waals surface area contributed by atoms with Crippen LogP contribution in [-0.2, 0) is 4.79 Å². The van der Waals surface area contributed by atoms with Crippen LogP contribution in [0.25, 0.3) is 0 Å². The molecular weight excluding hydrogens is 241 g/mol. The van der Waals surface area contributed by atoms with Gasteiger partial charge >= 0.3 is 0 Å². The first-order chi connectivity index (χ1) is 4.75. The first kappa shape index (κ1) is 8.30. The molecule has 1 amide bonds. The average molecular weight is 253 g/mol. The molecule has 0 aromatic heterocycles. The van der Waals surface area contributed by atoms with Crippen molar-refractivity contribution < 1.29 is 4.79 Å². The third-order valence-corrected chi connectivity index (χ3v) is 2.98. The van der Waals surface area contributed by atoms with Gasteiger partial charge < -0.3 is 4.90 Å². The normalized spacial score (nSPS) is 25.4. The number of hydrogen-bond acceptors (Lipinski definition) is 1. The van der Waals surface area contributed by atoms with E-state index in [0.717, 1.165) is 11.0 Å². The molecule has 10 heavy (non-hydrogen) atoms. The predicted molar refractivity (Wildman–Crippen MR) is 49.3 cm³/mol. The molecule has 0 aliphatic carbocycles. The monoisotopic (exact) mass is 253 g/mol.